The fraction of sp³-hybridized carbons (Fsp3) is 0.786. The average molecular weight is 333 g/mol. The number of aliphatic hydroxyl groups is 1. The summed E-state index contributed by atoms with van der Waals surface area (Å²) in [6, 6.07) is 1.06. The second-order valence-electron chi connectivity index (χ2n) is 6.03. The summed E-state index contributed by atoms with van der Waals surface area (Å²) < 4.78 is 11.5. The summed E-state index contributed by atoms with van der Waals surface area (Å²) in [6.07, 6.45) is 1.52. The summed E-state index contributed by atoms with van der Waals surface area (Å²) in [5.41, 5.74) is 0. The van der Waals surface area contributed by atoms with E-state index in [-0.39, 0.29) is 19.1 Å². The van der Waals surface area contributed by atoms with Crippen molar-refractivity contribution in [1.29, 1.82) is 0 Å². The molecule has 1 atom stereocenters. The van der Waals surface area contributed by atoms with Crippen molar-refractivity contribution in [3.05, 3.63) is 12.7 Å². The van der Waals surface area contributed by atoms with Crippen molar-refractivity contribution >= 4 is 23.3 Å². The van der Waals surface area contributed by atoms with E-state index in [0.717, 1.165) is 12.5 Å². The molecular formula is C14H30NO4Si2. The number of hydrogen-bond acceptors (Lipinski definition) is 4. The van der Waals surface area contributed by atoms with Crippen LogP contribution in [0.4, 0.5) is 0 Å². The number of aliphatic hydroxyl groups excluding tert-OH is 1. The van der Waals surface area contributed by atoms with E-state index in [9.17, 15) is 9.90 Å². The molecule has 0 aromatic rings. The maximum atomic E-state index is 11.3. The van der Waals surface area contributed by atoms with Gasteiger partial charge in [0, 0.05) is 20.2 Å². The van der Waals surface area contributed by atoms with E-state index in [1.165, 1.54) is 11.0 Å². The number of ether oxygens (including phenoxy) is 1. The molecule has 0 aliphatic carbocycles. The number of hydrogen-bond donors (Lipinski definition) is 1. The maximum absolute atomic E-state index is 11.3. The molecule has 0 rings (SSSR count). The van der Waals surface area contributed by atoms with Crippen molar-refractivity contribution in [1.82, 2.24) is 4.90 Å². The minimum atomic E-state index is -1.55. The predicted octanol–water partition coefficient (Wildman–Crippen LogP) is 1.87. The molecule has 0 saturated carbocycles. The Hall–Kier alpha value is -0.476. The fourth-order valence-electron chi connectivity index (χ4n) is 2.04. The third-order valence-electron chi connectivity index (χ3n) is 2.89. The SMILES string of the molecule is C=CC(=O)N(C)CC(O)COCCC[Si](C)(C)O[Si](C)C. The minimum absolute atomic E-state index is 0.198. The molecule has 21 heavy (non-hydrogen) atoms. The van der Waals surface area contributed by atoms with Crippen LogP contribution in [0.1, 0.15) is 6.42 Å². The van der Waals surface area contributed by atoms with Gasteiger partial charge in [0.25, 0.3) is 0 Å². The van der Waals surface area contributed by atoms with Gasteiger partial charge in [-0.3, -0.25) is 4.79 Å². The number of rotatable bonds is 11. The summed E-state index contributed by atoms with van der Waals surface area (Å²) in [5, 5.41) is 9.78. The Balaban J connectivity index is 3.76. The van der Waals surface area contributed by atoms with Crippen LogP contribution in [-0.4, -0.2) is 66.2 Å². The van der Waals surface area contributed by atoms with Crippen LogP contribution in [-0.2, 0) is 13.6 Å². The summed E-state index contributed by atoms with van der Waals surface area (Å²) in [4.78, 5) is 12.7. The number of nitrogens with zero attached hydrogens (tertiary/aromatic N) is 1. The van der Waals surface area contributed by atoms with Crippen LogP contribution >= 0.6 is 0 Å². The van der Waals surface area contributed by atoms with E-state index in [1.807, 2.05) is 0 Å². The van der Waals surface area contributed by atoms with E-state index < -0.39 is 23.5 Å². The largest absolute Gasteiger partial charge is 0.456 e. The van der Waals surface area contributed by atoms with Crippen molar-refractivity contribution in [2.45, 2.75) is 44.8 Å². The maximum Gasteiger partial charge on any atom is 0.245 e. The Labute approximate surface area is 131 Å². The molecule has 1 amide bonds. The van der Waals surface area contributed by atoms with E-state index in [1.54, 1.807) is 7.05 Å². The molecule has 1 unspecified atom stereocenters. The van der Waals surface area contributed by atoms with Gasteiger partial charge in [-0.1, -0.05) is 6.58 Å². The van der Waals surface area contributed by atoms with E-state index in [4.69, 9.17) is 8.85 Å². The van der Waals surface area contributed by atoms with Crippen molar-refractivity contribution in [3.63, 3.8) is 0 Å². The first kappa shape index (κ1) is 20.5. The van der Waals surface area contributed by atoms with E-state index >= 15 is 0 Å². The molecule has 0 heterocycles. The number of amides is 1. The lowest BCUT2D eigenvalue weighted by Gasteiger charge is -2.25. The van der Waals surface area contributed by atoms with Gasteiger partial charge in [-0.25, -0.2) is 0 Å². The Bertz CT molecular complexity index is 324. The van der Waals surface area contributed by atoms with E-state index in [2.05, 4.69) is 32.8 Å². The predicted molar refractivity (Wildman–Crippen MR) is 90.1 cm³/mol. The molecule has 0 saturated heterocycles. The molecule has 0 aromatic carbocycles. The molecule has 0 bridgehead atoms. The third kappa shape index (κ3) is 10.8. The second-order valence-corrected chi connectivity index (χ2v) is 12.7. The topological polar surface area (TPSA) is 59.0 Å². The Morgan fingerprint density at radius 2 is 2.10 bits per heavy atom. The minimum Gasteiger partial charge on any atom is -0.456 e. The van der Waals surface area contributed by atoms with Crippen LogP contribution in [0.15, 0.2) is 12.7 Å². The van der Waals surface area contributed by atoms with Gasteiger partial charge in [0.15, 0.2) is 17.4 Å². The van der Waals surface area contributed by atoms with Gasteiger partial charge in [0.1, 0.15) is 0 Å². The molecule has 1 N–H and O–H groups in total. The molecule has 0 fully saturated rings. The molecule has 7 heteroatoms. The normalized spacial score (nSPS) is 13.3. The van der Waals surface area contributed by atoms with Crippen LogP contribution in [0.25, 0.3) is 0 Å². The smallest absolute Gasteiger partial charge is 0.245 e. The lowest BCUT2D eigenvalue weighted by atomic mass is 10.3. The van der Waals surface area contributed by atoms with Crippen LogP contribution in [0.2, 0.25) is 32.2 Å². The first-order valence-electron chi connectivity index (χ1n) is 7.30. The zero-order valence-corrected chi connectivity index (χ0v) is 16.0. The van der Waals surface area contributed by atoms with Gasteiger partial charge < -0.3 is 18.9 Å². The molecule has 0 spiro atoms. The van der Waals surface area contributed by atoms with Gasteiger partial charge in [0.05, 0.1) is 12.7 Å². The van der Waals surface area contributed by atoms with Crippen molar-refractivity contribution < 1.29 is 18.8 Å². The molecule has 123 valence electrons. The summed E-state index contributed by atoms with van der Waals surface area (Å²) in [6.45, 7) is 13.3. The molecule has 0 aromatic heterocycles. The Kier molecular flexibility index (Phi) is 10.1. The Morgan fingerprint density at radius 1 is 1.48 bits per heavy atom. The monoisotopic (exact) mass is 332 g/mol. The lowest BCUT2D eigenvalue weighted by molar-refractivity contribution is -0.126. The fourth-order valence-corrected chi connectivity index (χ4v) is 7.86. The third-order valence-corrected chi connectivity index (χ3v) is 8.29. The standard InChI is InChI=1S/C14H30NO4Si2/c1-7-14(17)15(2)11-13(16)12-18-9-8-10-21(5,6)19-20(3)4/h7,13,16H,1,8-12H2,2-6H3. The first-order valence-corrected chi connectivity index (χ1v) is 12.8. The second kappa shape index (κ2) is 10.3. The van der Waals surface area contributed by atoms with Gasteiger partial charge in [-0.2, -0.15) is 0 Å². The van der Waals surface area contributed by atoms with Crippen molar-refractivity contribution in [2.24, 2.45) is 0 Å². The molecule has 1 radical (unpaired) electrons. The van der Waals surface area contributed by atoms with Crippen LogP contribution in [0, 0.1) is 0 Å². The molecular weight excluding hydrogens is 302 g/mol. The number of carbonyl (C=O) groups is 1. The van der Waals surface area contributed by atoms with Crippen LogP contribution in [0.5, 0.6) is 0 Å². The van der Waals surface area contributed by atoms with Crippen LogP contribution < -0.4 is 0 Å². The number of likely N-dealkylation sites (N-methyl/N-ethyl adjacent to an activating group) is 1. The van der Waals surface area contributed by atoms with Gasteiger partial charge in [-0.15, -0.1) is 0 Å². The lowest BCUT2D eigenvalue weighted by Crippen LogP contribution is -2.36. The molecule has 0 aliphatic heterocycles. The molecule has 0 aliphatic rings. The number of carbonyl (C=O) groups excluding carboxylic acids is 1. The van der Waals surface area contributed by atoms with Gasteiger partial charge >= 0.3 is 0 Å². The average Bonchev–Trinajstić information content (AvgIpc) is 2.35. The van der Waals surface area contributed by atoms with Gasteiger partial charge in [0.2, 0.25) is 5.91 Å². The first-order chi connectivity index (χ1) is 9.68. The Morgan fingerprint density at radius 3 is 2.62 bits per heavy atom. The highest BCUT2D eigenvalue weighted by molar-refractivity contribution is 6.77. The highest BCUT2D eigenvalue weighted by Gasteiger charge is 2.23. The van der Waals surface area contributed by atoms with Gasteiger partial charge in [-0.05, 0) is 44.7 Å². The van der Waals surface area contributed by atoms with Crippen molar-refractivity contribution in [3.8, 4) is 0 Å². The summed E-state index contributed by atoms with van der Waals surface area (Å²) in [7, 11) is -0.554. The quantitative estimate of drug-likeness (QED) is 0.356. The summed E-state index contributed by atoms with van der Waals surface area (Å²) in [5.74, 6) is -0.198. The highest BCUT2D eigenvalue weighted by atomic mass is 28.4. The molecule has 5 nitrogen and oxygen atoms in total. The van der Waals surface area contributed by atoms with Crippen LogP contribution in [0.3, 0.4) is 0 Å². The van der Waals surface area contributed by atoms with Crippen molar-refractivity contribution in [2.75, 3.05) is 26.8 Å². The van der Waals surface area contributed by atoms with E-state index in [0.29, 0.717) is 6.61 Å². The summed E-state index contributed by atoms with van der Waals surface area (Å²) >= 11 is 0. The highest BCUT2D eigenvalue weighted by Crippen LogP contribution is 2.15. The zero-order chi connectivity index (χ0) is 16.5. The zero-order valence-electron chi connectivity index (χ0n) is 14.0.